The number of H-pyrrole nitrogens is 1. The van der Waals surface area contributed by atoms with E-state index in [1.54, 1.807) is 22.0 Å². The van der Waals surface area contributed by atoms with Gasteiger partial charge in [-0.3, -0.25) is 9.48 Å². The van der Waals surface area contributed by atoms with Gasteiger partial charge in [-0.05, 0) is 12.1 Å². The zero-order valence-corrected chi connectivity index (χ0v) is 17.3. The van der Waals surface area contributed by atoms with Crippen molar-refractivity contribution in [2.45, 2.75) is 6.18 Å². The van der Waals surface area contributed by atoms with Crippen molar-refractivity contribution in [3.8, 4) is 5.88 Å². The highest BCUT2D eigenvalue weighted by atomic mass is 19.4. The van der Waals surface area contributed by atoms with Gasteiger partial charge in [-0.25, -0.2) is 4.79 Å². The number of hydrogen-bond acceptors (Lipinski definition) is 7. The van der Waals surface area contributed by atoms with Crippen molar-refractivity contribution >= 4 is 34.5 Å². The Bertz CT molecular complexity index is 1150. The molecule has 1 aliphatic rings. The average Bonchev–Trinajstić information content (AvgIpc) is 3.34. The number of carbonyl (C=O) groups excluding carboxylic acids is 1. The molecular formula is C19H20F3N7O4. The number of ether oxygens (including phenoxy) is 1. The van der Waals surface area contributed by atoms with Crippen molar-refractivity contribution in [2.75, 3.05) is 25.0 Å². The highest BCUT2D eigenvalue weighted by molar-refractivity contribution is 5.87. The Morgan fingerprint density at radius 1 is 1.39 bits per heavy atom. The van der Waals surface area contributed by atoms with E-state index in [0.29, 0.717) is 37.2 Å². The van der Waals surface area contributed by atoms with E-state index in [0.717, 1.165) is 11.1 Å². The Kier molecular flexibility index (Phi) is 6.84. The van der Waals surface area contributed by atoms with Crippen LogP contribution in [0.1, 0.15) is 0 Å². The molecule has 3 aromatic heterocycles. The molecule has 176 valence electrons. The second-order valence-electron chi connectivity index (χ2n) is 7.05. The number of rotatable bonds is 6. The average molecular weight is 467 g/mol. The number of halogens is 3. The number of likely N-dealkylation sites (tertiary alicyclic amines) is 1. The van der Waals surface area contributed by atoms with E-state index < -0.39 is 12.1 Å². The Labute approximate surface area is 184 Å². The summed E-state index contributed by atoms with van der Waals surface area (Å²) in [6.07, 6.45) is 1.58. The molecule has 0 atom stereocenters. The predicted octanol–water partition coefficient (Wildman–Crippen LogP) is 2.09. The van der Waals surface area contributed by atoms with Gasteiger partial charge in [0.1, 0.15) is 5.65 Å². The number of hydrogen-bond donors (Lipinski definition) is 3. The zero-order chi connectivity index (χ0) is 24.2. The number of fused-ring (bicyclic) bond motifs is 1. The van der Waals surface area contributed by atoms with E-state index >= 15 is 0 Å². The molecule has 1 aliphatic heterocycles. The van der Waals surface area contributed by atoms with Gasteiger partial charge in [0.05, 0.1) is 23.9 Å². The number of carboxylic acid groups (broad SMARTS) is 1. The molecule has 3 aromatic rings. The summed E-state index contributed by atoms with van der Waals surface area (Å²) in [6, 6.07) is 1.88. The number of aromatic nitrogens is 5. The first-order chi connectivity index (χ1) is 15.6. The lowest BCUT2D eigenvalue weighted by atomic mass is 10.0. The third-order valence-electron chi connectivity index (χ3n) is 4.48. The lowest BCUT2D eigenvalue weighted by Crippen LogP contribution is -2.51. The standard InChI is InChI=1S/C17H19N7O2.C2HF3O2/c1-3-14(25)24-7-11(8-24)10-26-16-13-4-5-18-15(13)21-17(22-16)20-12-6-19-23(2)9-12;3-2(4,5)1(6)7/h3-6,9,11H,1,7-8,10H2,2H3,(H2,18,20,21,22);(H,6,7). The lowest BCUT2D eigenvalue weighted by molar-refractivity contribution is -0.192. The number of amides is 1. The molecule has 1 amide bonds. The fraction of sp³-hybridized carbons (Fsp3) is 0.316. The van der Waals surface area contributed by atoms with Crippen molar-refractivity contribution in [3.05, 3.63) is 37.3 Å². The molecule has 11 nitrogen and oxygen atoms in total. The molecule has 4 rings (SSSR count). The molecule has 0 saturated carbocycles. The first-order valence-corrected chi connectivity index (χ1v) is 9.52. The third kappa shape index (κ3) is 5.99. The molecule has 0 radical (unpaired) electrons. The van der Waals surface area contributed by atoms with Crippen LogP contribution in [0, 0.1) is 5.92 Å². The van der Waals surface area contributed by atoms with Crippen LogP contribution in [0.3, 0.4) is 0 Å². The number of carboxylic acids is 1. The summed E-state index contributed by atoms with van der Waals surface area (Å²) >= 11 is 0. The van der Waals surface area contributed by atoms with Crippen molar-refractivity contribution in [2.24, 2.45) is 13.0 Å². The fourth-order valence-corrected chi connectivity index (χ4v) is 2.87. The molecule has 0 unspecified atom stereocenters. The molecule has 33 heavy (non-hydrogen) atoms. The number of carbonyl (C=O) groups is 2. The first kappa shape index (κ1) is 23.6. The van der Waals surface area contributed by atoms with Crippen LogP contribution in [0.2, 0.25) is 0 Å². The molecule has 4 heterocycles. The minimum Gasteiger partial charge on any atom is -0.477 e. The summed E-state index contributed by atoms with van der Waals surface area (Å²) in [5, 5.41) is 15.2. The summed E-state index contributed by atoms with van der Waals surface area (Å²) in [5.41, 5.74) is 1.49. The Balaban J connectivity index is 0.000000383. The molecule has 0 bridgehead atoms. The van der Waals surface area contributed by atoms with E-state index in [9.17, 15) is 18.0 Å². The highest BCUT2D eigenvalue weighted by Crippen LogP contribution is 2.26. The maximum absolute atomic E-state index is 11.5. The van der Waals surface area contributed by atoms with Crippen LogP contribution in [0.25, 0.3) is 11.0 Å². The third-order valence-corrected chi connectivity index (χ3v) is 4.48. The van der Waals surface area contributed by atoms with Crippen LogP contribution in [0.5, 0.6) is 5.88 Å². The van der Waals surface area contributed by atoms with Gasteiger partial charge in [-0.2, -0.15) is 28.2 Å². The van der Waals surface area contributed by atoms with Crippen LogP contribution in [0.4, 0.5) is 24.8 Å². The van der Waals surface area contributed by atoms with Crippen LogP contribution in [-0.4, -0.2) is 72.5 Å². The van der Waals surface area contributed by atoms with Gasteiger partial charge >= 0.3 is 12.1 Å². The normalized spacial score (nSPS) is 13.6. The number of nitrogens with one attached hydrogen (secondary N) is 2. The van der Waals surface area contributed by atoms with Gasteiger partial charge in [0.15, 0.2) is 0 Å². The minimum absolute atomic E-state index is 0.0423. The number of nitrogens with zero attached hydrogens (tertiary/aromatic N) is 5. The van der Waals surface area contributed by atoms with Gasteiger partial charge in [0, 0.05) is 38.4 Å². The Hall–Kier alpha value is -4.10. The van der Waals surface area contributed by atoms with Crippen LogP contribution in [0.15, 0.2) is 37.3 Å². The van der Waals surface area contributed by atoms with Crippen molar-refractivity contribution in [3.63, 3.8) is 0 Å². The van der Waals surface area contributed by atoms with Crippen LogP contribution >= 0.6 is 0 Å². The SMILES string of the molecule is C=CC(=O)N1CC(COc2nc(Nc3cnn(C)c3)nc3[nH]ccc23)C1.O=C(O)C(F)(F)F. The molecule has 1 saturated heterocycles. The molecular weight excluding hydrogens is 447 g/mol. The minimum atomic E-state index is -5.08. The topological polar surface area (TPSA) is 138 Å². The van der Waals surface area contributed by atoms with Gasteiger partial charge in [-0.15, -0.1) is 0 Å². The van der Waals surface area contributed by atoms with Gasteiger partial charge in [-0.1, -0.05) is 6.58 Å². The lowest BCUT2D eigenvalue weighted by Gasteiger charge is -2.38. The molecule has 0 aromatic carbocycles. The predicted molar refractivity (Wildman–Crippen MR) is 110 cm³/mol. The maximum atomic E-state index is 11.5. The van der Waals surface area contributed by atoms with Gasteiger partial charge in [0.2, 0.25) is 17.7 Å². The fourth-order valence-electron chi connectivity index (χ4n) is 2.87. The van der Waals surface area contributed by atoms with E-state index in [4.69, 9.17) is 14.6 Å². The summed E-state index contributed by atoms with van der Waals surface area (Å²) in [7, 11) is 1.84. The quantitative estimate of drug-likeness (QED) is 0.469. The number of alkyl halides is 3. The van der Waals surface area contributed by atoms with E-state index in [1.165, 1.54) is 6.08 Å². The Morgan fingerprint density at radius 2 is 2.09 bits per heavy atom. The molecule has 1 fully saturated rings. The largest absolute Gasteiger partial charge is 0.490 e. The maximum Gasteiger partial charge on any atom is 0.490 e. The van der Waals surface area contributed by atoms with Gasteiger partial charge in [0.25, 0.3) is 0 Å². The molecule has 14 heteroatoms. The summed E-state index contributed by atoms with van der Waals surface area (Å²) in [4.78, 5) is 34.1. The zero-order valence-electron chi connectivity index (χ0n) is 17.3. The first-order valence-electron chi connectivity index (χ1n) is 9.52. The Morgan fingerprint density at radius 3 is 2.67 bits per heavy atom. The van der Waals surface area contributed by atoms with Crippen LogP contribution < -0.4 is 10.1 Å². The summed E-state index contributed by atoms with van der Waals surface area (Å²) in [5.74, 6) is -1.57. The molecule has 3 N–H and O–H groups in total. The highest BCUT2D eigenvalue weighted by Gasteiger charge is 2.38. The number of anilines is 2. The van der Waals surface area contributed by atoms with E-state index in [2.05, 4.69) is 31.9 Å². The van der Waals surface area contributed by atoms with Crippen molar-refractivity contribution in [1.29, 1.82) is 0 Å². The summed E-state index contributed by atoms with van der Waals surface area (Å²) < 4.78 is 39.4. The van der Waals surface area contributed by atoms with Gasteiger partial charge < -0.3 is 25.0 Å². The second kappa shape index (κ2) is 9.58. The smallest absolute Gasteiger partial charge is 0.477 e. The number of aliphatic carboxylic acids is 1. The van der Waals surface area contributed by atoms with Crippen molar-refractivity contribution < 1.29 is 32.6 Å². The molecule has 0 spiro atoms. The van der Waals surface area contributed by atoms with E-state index in [1.807, 2.05) is 19.3 Å². The van der Waals surface area contributed by atoms with E-state index in [-0.39, 0.29) is 11.8 Å². The molecule has 0 aliphatic carbocycles. The van der Waals surface area contributed by atoms with Crippen molar-refractivity contribution in [1.82, 2.24) is 29.6 Å². The number of aryl methyl sites for hydroxylation is 1. The number of aromatic amines is 1. The summed E-state index contributed by atoms with van der Waals surface area (Å²) in [6.45, 7) is 5.34. The second-order valence-corrected chi connectivity index (χ2v) is 7.05. The monoisotopic (exact) mass is 467 g/mol. The van der Waals surface area contributed by atoms with Crippen LogP contribution in [-0.2, 0) is 16.6 Å².